The molecular formula is C16H24N4OS2. The normalized spacial score (nSPS) is 13.3. The van der Waals surface area contributed by atoms with Crippen molar-refractivity contribution in [1.82, 2.24) is 15.3 Å². The molecule has 0 aromatic carbocycles. The number of carbonyl (C=O) groups is 1. The molecule has 0 aliphatic rings. The number of amides is 1. The third-order valence-corrected chi connectivity index (χ3v) is 6.10. The van der Waals surface area contributed by atoms with Gasteiger partial charge in [0.2, 0.25) is 5.91 Å². The molecule has 2 aromatic rings. The van der Waals surface area contributed by atoms with E-state index in [2.05, 4.69) is 29.1 Å². The van der Waals surface area contributed by atoms with E-state index in [0.29, 0.717) is 11.0 Å². The SMILES string of the molecule is CCC(C)(C)NC(=O)C(C)Sc1nc(N)c2c(C)c(C)sc2n1. The fourth-order valence-corrected chi connectivity index (χ4v) is 3.92. The number of rotatable bonds is 5. The number of nitrogens with zero attached hydrogens (tertiary/aromatic N) is 2. The number of thiophene rings is 1. The van der Waals surface area contributed by atoms with Crippen molar-refractivity contribution in [1.29, 1.82) is 0 Å². The third kappa shape index (κ3) is 3.95. The second-order valence-corrected chi connectivity index (χ2v) is 8.85. The fourth-order valence-electron chi connectivity index (χ4n) is 2.05. The summed E-state index contributed by atoms with van der Waals surface area (Å²) in [5, 5.41) is 4.25. The Hall–Kier alpha value is -1.34. The monoisotopic (exact) mass is 352 g/mol. The topological polar surface area (TPSA) is 80.9 Å². The zero-order chi connectivity index (χ0) is 17.4. The highest BCUT2D eigenvalue weighted by Gasteiger charge is 2.24. The van der Waals surface area contributed by atoms with E-state index in [4.69, 9.17) is 5.73 Å². The smallest absolute Gasteiger partial charge is 0.233 e. The van der Waals surface area contributed by atoms with E-state index in [0.717, 1.165) is 22.2 Å². The minimum Gasteiger partial charge on any atom is -0.383 e. The molecule has 1 atom stereocenters. The summed E-state index contributed by atoms with van der Waals surface area (Å²) in [6.07, 6.45) is 0.874. The van der Waals surface area contributed by atoms with Crippen LogP contribution in [0.2, 0.25) is 0 Å². The molecule has 2 rings (SSSR count). The summed E-state index contributed by atoms with van der Waals surface area (Å²) in [6, 6.07) is 0. The molecule has 7 heteroatoms. The van der Waals surface area contributed by atoms with Gasteiger partial charge in [-0.2, -0.15) is 0 Å². The molecule has 5 nitrogen and oxygen atoms in total. The highest BCUT2D eigenvalue weighted by Crippen LogP contribution is 2.34. The molecular weight excluding hydrogens is 328 g/mol. The molecule has 0 saturated heterocycles. The first kappa shape index (κ1) is 18.0. The molecule has 0 saturated carbocycles. The summed E-state index contributed by atoms with van der Waals surface area (Å²) in [5.41, 5.74) is 7.01. The summed E-state index contributed by atoms with van der Waals surface area (Å²) in [5.74, 6) is 0.475. The van der Waals surface area contributed by atoms with Crippen molar-refractivity contribution in [2.45, 2.75) is 63.9 Å². The minimum atomic E-state index is -0.278. The molecule has 0 fully saturated rings. The minimum absolute atomic E-state index is 0.0114. The standard InChI is InChI=1S/C16H24N4OS2/c1-7-16(5,6)20-13(21)10(4)23-15-18-12(17)11-8(2)9(3)22-14(11)19-15/h10H,7H2,1-6H3,(H,20,21)(H2,17,18,19). The van der Waals surface area contributed by atoms with E-state index in [1.54, 1.807) is 11.3 Å². The Labute approximate surface area is 145 Å². The molecule has 0 spiro atoms. The Morgan fingerprint density at radius 3 is 2.65 bits per heavy atom. The zero-order valence-corrected chi connectivity index (χ0v) is 16.1. The van der Waals surface area contributed by atoms with E-state index >= 15 is 0 Å². The Bertz CT molecular complexity index is 739. The lowest BCUT2D eigenvalue weighted by Crippen LogP contribution is -2.46. The Morgan fingerprint density at radius 1 is 1.39 bits per heavy atom. The van der Waals surface area contributed by atoms with E-state index in [9.17, 15) is 4.79 Å². The predicted molar refractivity (Wildman–Crippen MR) is 99.1 cm³/mol. The van der Waals surface area contributed by atoms with Crippen molar-refractivity contribution in [3.05, 3.63) is 10.4 Å². The average molecular weight is 353 g/mol. The maximum absolute atomic E-state index is 12.3. The van der Waals surface area contributed by atoms with Gasteiger partial charge in [0.05, 0.1) is 10.6 Å². The van der Waals surface area contributed by atoms with E-state index in [-0.39, 0.29) is 16.7 Å². The number of nitrogens with two attached hydrogens (primary N) is 1. The average Bonchev–Trinajstić information content (AvgIpc) is 2.73. The van der Waals surface area contributed by atoms with Crippen molar-refractivity contribution in [2.24, 2.45) is 0 Å². The molecule has 3 N–H and O–H groups in total. The van der Waals surface area contributed by atoms with Gasteiger partial charge in [-0.1, -0.05) is 18.7 Å². The number of nitrogen functional groups attached to an aromatic ring is 1. The highest BCUT2D eigenvalue weighted by atomic mass is 32.2. The van der Waals surface area contributed by atoms with Gasteiger partial charge in [-0.3, -0.25) is 4.79 Å². The first-order valence-electron chi connectivity index (χ1n) is 7.66. The number of aryl methyl sites for hydroxylation is 2. The largest absolute Gasteiger partial charge is 0.383 e. The number of carbonyl (C=O) groups excluding carboxylic acids is 1. The van der Waals surface area contributed by atoms with Gasteiger partial charge in [0.1, 0.15) is 10.6 Å². The summed E-state index contributed by atoms with van der Waals surface area (Å²) < 4.78 is 0. The second kappa shape index (κ2) is 6.65. The van der Waals surface area contributed by atoms with Crippen molar-refractivity contribution >= 4 is 45.0 Å². The van der Waals surface area contributed by atoms with Crippen LogP contribution < -0.4 is 11.1 Å². The van der Waals surface area contributed by atoms with Crippen LogP contribution in [-0.2, 0) is 4.79 Å². The first-order valence-corrected chi connectivity index (χ1v) is 9.36. The third-order valence-electron chi connectivity index (χ3n) is 4.03. The molecule has 2 aromatic heterocycles. The molecule has 1 amide bonds. The number of hydrogen-bond acceptors (Lipinski definition) is 6. The van der Waals surface area contributed by atoms with E-state index < -0.39 is 0 Å². The molecule has 0 aliphatic carbocycles. The molecule has 2 heterocycles. The van der Waals surface area contributed by atoms with Crippen molar-refractivity contribution < 1.29 is 4.79 Å². The maximum Gasteiger partial charge on any atom is 0.233 e. The van der Waals surface area contributed by atoms with Gasteiger partial charge < -0.3 is 11.1 Å². The number of aromatic nitrogens is 2. The van der Waals surface area contributed by atoms with Gasteiger partial charge in [0.25, 0.3) is 0 Å². The maximum atomic E-state index is 12.3. The number of nitrogens with one attached hydrogen (secondary N) is 1. The quantitative estimate of drug-likeness (QED) is 0.634. The summed E-state index contributed by atoms with van der Waals surface area (Å²) >= 11 is 2.95. The van der Waals surface area contributed by atoms with Crippen LogP contribution in [0.4, 0.5) is 5.82 Å². The predicted octanol–water partition coefficient (Wildman–Crippen LogP) is 3.68. The van der Waals surface area contributed by atoms with Gasteiger partial charge in [0, 0.05) is 10.4 Å². The number of fused-ring (bicyclic) bond motifs is 1. The number of hydrogen-bond donors (Lipinski definition) is 2. The van der Waals surface area contributed by atoms with Crippen molar-refractivity contribution in [2.75, 3.05) is 5.73 Å². The summed E-state index contributed by atoms with van der Waals surface area (Å²) in [7, 11) is 0. The molecule has 126 valence electrons. The lowest BCUT2D eigenvalue weighted by Gasteiger charge is -2.26. The lowest BCUT2D eigenvalue weighted by atomic mass is 10.0. The molecule has 0 radical (unpaired) electrons. The van der Waals surface area contributed by atoms with Crippen molar-refractivity contribution in [3.63, 3.8) is 0 Å². The van der Waals surface area contributed by atoms with Crippen LogP contribution in [0, 0.1) is 13.8 Å². The Balaban J connectivity index is 2.20. The molecule has 23 heavy (non-hydrogen) atoms. The van der Waals surface area contributed by atoms with Crippen LogP contribution in [-0.4, -0.2) is 26.7 Å². The van der Waals surface area contributed by atoms with Gasteiger partial charge in [-0.05, 0) is 46.6 Å². The van der Waals surface area contributed by atoms with Crippen LogP contribution >= 0.6 is 23.1 Å². The number of anilines is 1. The van der Waals surface area contributed by atoms with Crippen LogP contribution in [0.3, 0.4) is 0 Å². The number of thioether (sulfide) groups is 1. The van der Waals surface area contributed by atoms with Crippen LogP contribution in [0.5, 0.6) is 0 Å². The van der Waals surface area contributed by atoms with Gasteiger partial charge in [-0.15, -0.1) is 11.3 Å². The van der Waals surface area contributed by atoms with Gasteiger partial charge in [-0.25, -0.2) is 9.97 Å². The first-order chi connectivity index (χ1) is 10.6. The Morgan fingerprint density at radius 2 is 2.04 bits per heavy atom. The summed E-state index contributed by atoms with van der Waals surface area (Å²) in [6.45, 7) is 12.0. The highest BCUT2D eigenvalue weighted by molar-refractivity contribution is 8.00. The summed E-state index contributed by atoms with van der Waals surface area (Å²) in [4.78, 5) is 23.3. The fraction of sp³-hybridized carbons (Fsp3) is 0.562. The molecule has 0 aliphatic heterocycles. The van der Waals surface area contributed by atoms with Gasteiger partial charge in [0.15, 0.2) is 5.16 Å². The lowest BCUT2D eigenvalue weighted by molar-refractivity contribution is -0.121. The van der Waals surface area contributed by atoms with Gasteiger partial charge >= 0.3 is 0 Å². The van der Waals surface area contributed by atoms with Crippen LogP contribution in [0.1, 0.15) is 44.6 Å². The molecule has 0 bridgehead atoms. The Kier molecular flexibility index (Phi) is 5.20. The second-order valence-electron chi connectivity index (χ2n) is 6.34. The van der Waals surface area contributed by atoms with E-state index in [1.807, 2.05) is 27.7 Å². The van der Waals surface area contributed by atoms with Crippen molar-refractivity contribution in [3.8, 4) is 0 Å². The zero-order valence-electron chi connectivity index (χ0n) is 14.5. The van der Waals surface area contributed by atoms with E-state index in [1.165, 1.54) is 16.6 Å². The molecule has 1 unspecified atom stereocenters. The van der Waals surface area contributed by atoms with Crippen LogP contribution in [0.15, 0.2) is 5.16 Å². The van der Waals surface area contributed by atoms with Crippen LogP contribution in [0.25, 0.3) is 10.2 Å².